The lowest BCUT2D eigenvalue weighted by Gasteiger charge is -2.13. The van der Waals surface area contributed by atoms with E-state index < -0.39 is 5.97 Å². The monoisotopic (exact) mass is 269 g/mol. The molecule has 0 bridgehead atoms. The van der Waals surface area contributed by atoms with E-state index in [9.17, 15) is 4.79 Å². The normalized spacial score (nSPS) is 9.89. The molecular formula is C13H23N3O3. The number of anilines is 1. The van der Waals surface area contributed by atoms with Crippen LogP contribution in [-0.2, 0) is 4.74 Å². The summed E-state index contributed by atoms with van der Waals surface area (Å²) < 4.78 is 10.5. The summed E-state index contributed by atoms with van der Waals surface area (Å²) in [4.78, 5) is 19.4. The highest BCUT2D eigenvalue weighted by Crippen LogP contribution is 2.18. The molecule has 0 radical (unpaired) electrons. The number of esters is 1. The lowest BCUT2D eigenvalue weighted by Crippen LogP contribution is -2.17. The van der Waals surface area contributed by atoms with Crippen LogP contribution in [0.5, 0.6) is 5.88 Å². The van der Waals surface area contributed by atoms with Gasteiger partial charge in [0.05, 0.1) is 18.4 Å². The Labute approximate surface area is 114 Å². The minimum atomic E-state index is -0.518. The van der Waals surface area contributed by atoms with Crippen molar-refractivity contribution in [2.75, 3.05) is 5.73 Å². The first-order valence-corrected chi connectivity index (χ1v) is 6.40. The highest BCUT2D eigenvalue weighted by Gasteiger charge is 2.18. The predicted molar refractivity (Wildman–Crippen MR) is 74.1 cm³/mol. The van der Waals surface area contributed by atoms with Gasteiger partial charge in [-0.1, -0.05) is 13.8 Å². The molecule has 0 fully saturated rings. The standard InChI is InChI=1S/C11H17N3O3.C2H6/c1-6(2)16-9-8(5-13-11(12)14-9)10(15)17-7(3)4;1-2/h5-7H,1-4H3,(H2,12,13,14);1-2H3. The molecule has 0 spiro atoms. The molecule has 0 atom stereocenters. The summed E-state index contributed by atoms with van der Waals surface area (Å²) in [6.45, 7) is 11.2. The summed E-state index contributed by atoms with van der Waals surface area (Å²) in [5.41, 5.74) is 5.63. The lowest BCUT2D eigenvalue weighted by atomic mass is 10.3. The number of hydrogen-bond donors (Lipinski definition) is 1. The molecule has 19 heavy (non-hydrogen) atoms. The molecule has 0 aliphatic rings. The Hall–Kier alpha value is -1.85. The summed E-state index contributed by atoms with van der Waals surface area (Å²) in [7, 11) is 0. The van der Waals surface area contributed by atoms with Gasteiger partial charge in [0.25, 0.3) is 0 Å². The number of nitrogen functional groups attached to an aromatic ring is 1. The van der Waals surface area contributed by atoms with Crippen molar-refractivity contribution in [1.82, 2.24) is 9.97 Å². The van der Waals surface area contributed by atoms with Gasteiger partial charge < -0.3 is 15.2 Å². The maximum absolute atomic E-state index is 11.7. The van der Waals surface area contributed by atoms with Crippen molar-refractivity contribution in [2.24, 2.45) is 0 Å². The first-order chi connectivity index (χ1) is 8.90. The van der Waals surface area contributed by atoms with Crippen LogP contribution in [0.1, 0.15) is 51.9 Å². The largest absolute Gasteiger partial charge is 0.474 e. The van der Waals surface area contributed by atoms with E-state index in [0.717, 1.165) is 0 Å². The Balaban J connectivity index is 0.00000154. The highest BCUT2D eigenvalue weighted by molar-refractivity contribution is 5.91. The van der Waals surface area contributed by atoms with Gasteiger partial charge in [-0.2, -0.15) is 4.98 Å². The number of nitrogens with zero attached hydrogens (tertiary/aromatic N) is 2. The molecule has 108 valence electrons. The number of nitrogens with two attached hydrogens (primary N) is 1. The van der Waals surface area contributed by atoms with Gasteiger partial charge in [0.15, 0.2) is 0 Å². The van der Waals surface area contributed by atoms with Gasteiger partial charge in [-0.25, -0.2) is 9.78 Å². The van der Waals surface area contributed by atoms with E-state index in [1.165, 1.54) is 6.20 Å². The predicted octanol–water partition coefficient (Wildman–Crippen LogP) is 2.44. The van der Waals surface area contributed by atoms with Gasteiger partial charge in [0.2, 0.25) is 11.8 Å². The van der Waals surface area contributed by atoms with E-state index in [-0.39, 0.29) is 29.6 Å². The van der Waals surface area contributed by atoms with Crippen molar-refractivity contribution in [3.63, 3.8) is 0 Å². The van der Waals surface area contributed by atoms with Crippen LogP contribution in [-0.4, -0.2) is 28.1 Å². The number of carbonyl (C=O) groups is 1. The van der Waals surface area contributed by atoms with Crippen LogP contribution >= 0.6 is 0 Å². The van der Waals surface area contributed by atoms with Gasteiger partial charge in [-0.05, 0) is 27.7 Å². The molecule has 0 unspecified atom stereocenters. The maximum atomic E-state index is 11.7. The smallest absolute Gasteiger partial charge is 0.345 e. The zero-order chi connectivity index (χ0) is 15.0. The summed E-state index contributed by atoms with van der Waals surface area (Å²) in [6.07, 6.45) is 0.979. The van der Waals surface area contributed by atoms with Crippen molar-refractivity contribution >= 4 is 11.9 Å². The van der Waals surface area contributed by atoms with E-state index in [4.69, 9.17) is 15.2 Å². The van der Waals surface area contributed by atoms with E-state index in [2.05, 4.69) is 9.97 Å². The van der Waals surface area contributed by atoms with E-state index >= 15 is 0 Å². The zero-order valence-electron chi connectivity index (χ0n) is 12.4. The van der Waals surface area contributed by atoms with Crippen LogP contribution in [0.15, 0.2) is 6.20 Å². The van der Waals surface area contributed by atoms with Crippen molar-refractivity contribution in [1.29, 1.82) is 0 Å². The molecule has 0 saturated carbocycles. The van der Waals surface area contributed by atoms with Gasteiger partial charge >= 0.3 is 5.97 Å². The van der Waals surface area contributed by atoms with Crippen LogP contribution in [0.4, 0.5) is 5.95 Å². The number of rotatable bonds is 4. The molecular weight excluding hydrogens is 246 g/mol. The molecule has 0 amide bonds. The minimum absolute atomic E-state index is 0.0572. The summed E-state index contributed by atoms with van der Waals surface area (Å²) in [5, 5.41) is 0. The first kappa shape index (κ1) is 17.2. The fourth-order valence-electron chi connectivity index (χ4n) is 1.11. The molecule has 0 aliphatic carbocycles. The van der Waals surface area contributed by atoms with Crippen molar-refractivity contribution in [3.05, 3.63) is 11.8 Å². The second-order valence-corrected chi connectivity index (χ2v) is 4.07. The Bertz CT molecular complexity index is 406. The Kier molecular flexibility index (Phi) is 7.48. The topological polar surface area (TPSA) is 87.3 Å². The Morgan fingerprint density at radius 3 is 2.26 bits per heavy atom. The first-order valence-electron chi connectivity index (χ1n) is 6.40. The van der Waals surface area contributed by atoms with Gasteiger partial charge in [0.1, 0.15) is 5.56 Å². The van der Waals surface area contributed by atoms with E-state index in [0.29, 0.717) is 0 Å². The summed E-state index contributed by atoms with van der Waals surface area (Å²) >= 11 is 0. The molecule has 1 aromatic heterocycles. The van der Waals surface area contributed by atoms with Crippen LogP contribution in [0.3, 0.4) is 0 Å². The van der Waals surface area contributed by atoms with E-state index in [1.807, 2.05) is 27.7 Å². The average Bonchev–Trinajstić information content (AvgIpc) is 2.29. The molecule has 1 heterocycles. The van der Waals surface area contributed by atoms with Gasteiger partial charge in [-0.3, -0.25) is 0 Å². The minimum Gasteiger partial charge on any atom is -0.474 e. The third-order valence-electron chi connectivity index (χ3n) is 1.68. The van der Waals surface area contributed by atoms with Crippen LogP contribution in [0, 0.1) is 0 Å². The fourth-order valence-corrected chi connectivity index (χ4v) is 1.11. The maximum Gasteiger partial charge on any atom is 0.345 e. The van der Waals surface area contributed by atoms with Crippen molar-refractivity contribution in [2.45, 2.75) is 53.8 Å². The average molecular weight is 269 g/mol. The molecule has 6 nitrogen and oxygen atoms in total. The molecule has 1 rings (SSSR count). The number of aromatic nitrogens is 2. The van der Waals surface area contributed by atoms with Crippen LogP contribution < -0.4 is 10.5 Å². The lowest BCUT2D eigenvalue weighted by molar-refractivity contribution is 0.0370. The van der Waals surface area contributed by atoms with Gasteiger partial charge in [0, 0.05) is 0 Å². The van der Waals surface area contributed by atoms with E-state index in [1.54, 1.807) is 13.8 Å². The number of hydrogen-bond acceptors (Lipinski definition) is 6. The number of carbonyl (C=O) groups excluding carboxylic acids is 1. The summed E-state index contributed by atoms with van der Waals surface area (Å²) in [5.74, 6) is -0.310. The molecule has 0 aliphatic heterocycles. The molecule has 0 aromatic carbocycles. The Morgan fingerprint density at radius 1 is 1.21 bits per heavy atom. The summed E-state index contributed by atoms with van der Waals surface area (Å²) in [6, 6.07) is 0. The SMILES string of the molecule is CC.CC(C)OC(=O)c1cnc(N)nc1OC(C)C. The third-order valence-corrected chi connectivity index (χ3v) is 1.68. The second kappa shape index (κ2) is 8.29. The third kappa shape index (κ3) is 6.03. The fraction of sp³-hybridized carbons (Fsp3) is 0.615. The molecule has 1 aromatic rings. The second-order valence-electron chi connectivity index (χ2n) is 4.07. The molecule has 2 N–H and O–H groups in total. The Morgan fingerprint density at radius 2 is 1.79 bits per heavy atom. The molecule has 0 saturated heterocycles. The molecule has 6 heteroatoms. The zero-order valence-corrected chi connectivity index (χ0v) is 12.4. The van der Waals surface area contributed by atoms with Crippen molar-refractivity contribution in [3.8, 4) is 5.88 Å². The van der Waals surface area contributed by atoms with Crippen molar-refractivity contribution < 1.29 is 14.3 Å². The van der Waals surface area contributed by atoms with Crippen LogP contribution in [0.2, 0.25) is 0 Å². The van der Waals surface area contributed by atoms with Gasteiger partial charge in [-0.15, -0.1) is 0 Å². The quantitative estimate of drug-likeness (QED) is 0.845. The van der Waals surface area contributed by atoms with Crippen LogP contribution in [0.25, 0.3) is 0 Å². The number of ether oxygens (including phenoxy) is 2. The highest BCUT2D eigenvalue weighted by atomic mass is 16.5.